The fourth-order valence-electron chi connectivity index (χ4n) is 11.1. The van der Waals surface area contributed by atoms with Crippen LogP contribution in [0.5, 0.6) is 0 Å². The predicted octanol–water partition coefficient (Wildman–Crippen LogP) is 17.8. The van der Waals surface area contributed by atoms with Crippen LogP contribution >= 0.6 is 15.9 Å². The van der Waals surface area contributed by atoms with Gasteiger partial charge in [-0.25, -0.2) is 0 Å². The summed E-state index contributed by atoms with van der Waals surface area (Å²) in [7, 11) is 0. The van der Waals surface area contributed by atoms with Crippen molar-refractivity contribution in [3.8, 4) is 17.1 Å². The van der Waals surface area contributed by atoms with Gasteiger partial charge in [0.05, 0.1) is 61.5 Å². The molecule has 0 unspecified atom stereocenters. The van der Waals surface area contributed by atoms with Gasteiger partial charge in [0.1, 0.15) is 0 Å². The number of para-hydroxylation sites is 8. The lowest BCUT2D eigenvalue weighted by molar-refractivity contribution is 1.14. The predicted molar refractivity (Wildman–Crippen MR) is 310 cm³/mol. The summed E-state index contributed by atoms with van der Waals surface area (Å²) >= 11 is 3.37. The van der Waals surface area contributed by atoms with Crippen LogP contribution in [0.1, 0.15) is 0 Å². The fourth-order valence-corrected chi connectivity index (χ4v) is 11.4. The van der Waals surface area contributed by atoms with Crippen LogP contribution < -0.4 is 0 Å². The van der Waals surface area contributed by atoms with Gasteiger partial charge in [0.15, 0.2) is 0 Å². The van der Waals surface area contributed by atoms with Gasteiger partial charge in [-0.3, -0.25) is 9.97 Å². The SMILES string of the molecule is Brc1cnc2ccccc2c1.c1ccc(-n2c3ccccc3c3ccc4c5ccccc5[nH]c4c32)cc1.c1ccc(-n2c3ccccc3c3ccc4c5ccccc5n(-c5cnc6ccccc6c5)c4c32)cc1. The maximum Gasteiger partial charge on any atom is 0.0789 e. The van der Waals surface area contributed by atoms with E-state index in [0.29, 0.717) is 0 Å². The third kappa shape index (κ3) is 7.08. The Balaban J connectivity index is 0.000000116. The van der Waals surface area contributed by atoms with Gasteiger partial charge in [0.2, 0.25) is 0 Å². The first-order valence-corrected chi connectivity index (χ1v) is 25.3. The number of hydrogen-bond donors (Lipinski definition) is 1. The van der Waals surface area contributed by atoms with Crippen molar-refractivity contribution in [2.24, 2.45) is 0 Å². The highest BCUT2D eigenvalue weighted by Gasteiger charge is 2.22. The molecular formula is C66H43BrN6. The average molecular weight is 1000 g/mol. The van der Waals surface area contributed by atoms with E-state index in [1.807, 2.05) is 42.7 Å². The molecule has 0 saturated carbocycles. The van der Waals surface area contributed by atoms with E-state index in [2.05, 4.69) is 252 Å². The Morgan fingerprint density at radius 2 is 0.726 bits per heavy atom. The maximum atomic E-state index is 4.83. The Morgan fingerprint density at radius 1 is 0.315 bits per heavy atom. The normalized spacial score (nSPS) is 11.6. The smallest absolute Gasteiger partial charge is 0.0789 e. The second-order valence-corrected chi connectivity index (χ2v) is 19.3. The molecule has 0 aliphatic rings. The van der Waals surface area contributed by atoms with Crippen molar-refractivity contribution in [2.45, 2.75) is 0 Å². The van der Waals surface area contributed by atoms with E-state index in [1.54, 1.807) is 0 Å². The van der Waals surface area contributed by atoms with Gasteiger partial charge in [0, 0.05) is 81.4 Å². The van der Waals surface area contributed by atoms with Crippen molar-refractivity contribution >= 4 is 125 Å². The van der Waals surface area contributed by atoms with Crippen molar-refractivity contribution in [2.75, 3.05) is 0 Å². The molecule has 0 spiro atoms. The lowest BCUT2D eigenvalue weighted by Crippen LogP contribution is -1.99. The second kappa shape index (κ2) is 17.5. The summed E-state index contributed by atoms with van der Waals surface area (Å²) in [4.78, 5) is 12.7. The van der Waals surface area contributed by atoms with Gasteiger partial charge < -0.3 is 18.7 Å². The summed E-state index contributed by atoms with van der Waals surface area (Å²) in [6, 6.07) is 85.6. The molecule has 6 heterocycles. The largest absolute Gasteiger partial charge is 0.353 e. The molecular weight excluding hydrogens is 957 g/mol. The van der Waals surface area contributed by atoms with Crippen LogP contribution in [0, 0.1) is 0 Å². The molecule has 0 atom stereocenters. The number of aromatic amines is 1. The van der Waals surface area contributed by atoms with Crippen molar-refractivity contribution in [1.82, 2.24) is 28.7 Å². The molecule has 0 amide bonds. The summed E-state index contributed by atoms with van der Waals surface area (Å²) in [5.74, 6) is 0. The van der Waals surface area contributed by atoms with Crippen molar-refractivity contribution in [1.29, 1.82) is 0 Å². The molecule has 0 saturated heterocycles. The standard InChI is InChI=1S/C33H21N3.C24H16N2.C9H6BrN/c1-2-11-23(12-3-1)35-30-16-8-5-13-25(30)27-18-19-28-26-14-6-9-17-31(26)36(33(28)32(27)35)24-20-22-10-4-7-15-29(22)34-21-24;1-2-8-16(9-3-1)26-22-13-7-5-11-18(22)20-15-14-19-17-10-4-6-12-21(17)25-23(19)24(20)26;10-8-5-7-3-1-2-4-9(7)11-6-8/h1-21H;1-15,25H;1-6H. The number of pyridine rings is 2. The van der Waals surface area contributed by atoms with Crippen LogP contribution in [-0.2, 0) is 0 Å². The Bertz CT molecular complexity index is 4760. The molecule has 73 heavy (non-hydrogen) atoms. The van der Waals surface area contributed by atoms with Crippen LogP contribution in [0.3, 0.4) is 0 Å². The lowest BCUT2D eigenvalue weighted by atomic mass is 10.1. The number of fused-ring (bicyclic) bond motifs is 16. The number of aromatic nitrogens is 6. The molecule has 6 nitrogen and oxygen atoms in total. The third-order valence-electron chi connectivity index (χ3n) is 14.2. The highest BCUT2D eigenvalue weighted by atomic mass is 79.9. The van der Waals surface area contributed by atoms with Crippen LogP contribution in [0.2, 0.25) is 0 Å². The van der Waals surface area contributed by atoms with E-state index in [0.717, 1.165) is 32.3 Å². The minimum Gasteiger partial charge on any atom is -0.353 e. The Labute approximate surface area is 427 Å². The molecule has 0 aliphatic carbocycles. The molecule has 7 heteroatoms. The number of benzene rings is 10. The number of hydrogen-bond acceptors (Lipinski definition) is 2. The van der Waals surface area contributed by atoms with Gasteiger partial charge in [-0.2, -0.15) is 0 Å². The first kappa shape index (κ1) is 42.6. The van der Waals surface area contributed by atoms with E-state index in [-0.39, 0.29) is 0 Å². The van der Waals surface area contributed by atoms with E-state index in [4.69, 9.17) is 4.98 Å². The first-order chi connectivity index (χ1) is 36.2. The molecule has 1 N–H and O–H groups in total. The molecule has 16 rings (SSSR count). The zero-order valence-electron chi connectivity index (χ0n) is 39.4. The molecule has 6 aromatic heterocycles. The number of halogens is 1. The summed E-state index contributed by atoms with van der Waals surface area (Å²) in [5.41, 5.74) is 15.1. The Morgan fingerprint density at radius 3 is 1.30 bits per heavy atom. The monoisotopic (exact) mass is 998 g/mol. The van der Waals surface area contributed by atoms with Gasteiger partial charge in [-0.05, 0) is 88.7 Å². The average Bonchev–Trinajstić information content (AvgIpc) is 4.20. The van der Waals surface area contributed by atoms with E-state index >= 15 is 0 Å². The summed E-state index contributed by atoms with van der Waals surface area (Å²) < 4.78 is 8.21. The number of rotatable bonds is 3. The number of nitrogens with one attached hydrogen (secondary N) is 1. The fraction of sp³-hybridized carbons (Fsp3) is 0. The van der Waals surface area contributed by atoms with Gasteiger partial charge in [-0.1, -0.05) is 170 Å². The van der Waals surface area contributed by atoms with Gasteiger partial charge in [-0.15, -0.1) is 0 Å². The summed E-state index contributed by atoms with van der Waals surface area (Å²) in [6.07, 6.45) is 3.81. The van der Waals surface area contributed by atoms with Crippen molar-refractivity contribution < 1.29 is 0 Å². The van der Waals surface area contributed by atoms with Crippen LogP contribution in [0.4, 0.5) is 0 Å². The van der Waals surface area contributed by atoms with Crippen molar-refractivity contribution in [3.05, 3.63) is 260 Å². The zero-order valence-corrected chi connectivity index (χ0v) is 40.9. The summed E-state index contributed by atoms with van der Waals surface area (Å²) in [6.45, 7) is 0. The second-order valence-electron chi connectivity index (χ2n) is 18.4. The lowest BCUT2D eigenvalue weighted by Gasteiger charge is -2.12. The van der Waals surface area contributed by atoms with E-state index in [9.17, 15) is 0 Å². The van der Waals surface area contributed by atoms with Crippen LogP contribution in [-0.4, -0.2) is 28.7 Å². The van der Waals surface area contributed by atoms with Gasteiger partial charge in [0.25, 0.3) is 0 Å². The van der Waals surface area contributed by atoms with Crippen LogP contribution in [0.25, 0.3) is 126 Å². The first-order valence-electron chi connectivity index (χ1n) is 24.5. The molecule has 0 radical (unpaired) electrons. The zero-order chi connectivity index (χ0) is 48.4. The van der Waals surface area contributed by atoms with E-state index in [1.165, 1.54) is 98.3 Å². The van der Waals surface area contributed by atoms with Crippen molar-refractivity contribution in [3.63, 3.8) is 0 Å². The molecule has 0 fully saturated rings. The minimum atomic E-state index is 1.01. The van der Waals surface area contributed by atoms with Crippen LogP contribution in [0.15, 0.2) is 260 Å². The Hall–Kier alpha value is -9.30. The molecule has 16 aromatic rings. The Kier molecular flexibility index (Phi) is 10.2. The number of nitrogens with zero attached hydrogens (tertiary/aromatic N) is 5. The summed E-state index contributed by atoms with van der Waals surface area (Å²) in [5, 5.41) is 12.4. The number of H-pyrrole nitrogens is 1. The molecule has 0 aliphatic heterocycles. The molecule has 10 aromatic carbocycles. The highest BCUT2D eigenvalue weighted by molar-refractivity contribution is 9.10. The molecule has 0 bridgehead atoms. The van der Waals surface area contributed by atoms with E-state index < -0.39 is 0 Å². The third-order valence-corrected chi connectivity index (χ3v) is 14.6. The maximum absolute atomic E-state index is 4.83. The highest BCUT2D eigenvalue weighted by Crippen LogP contribution is 2.42. The topological polar surface area (TPSA) is 56.4 Å². The molecule has 344 valence electrons. The quantitative estimate of drug-likeness (QED) is 0.192. The van der Waals surface area contributed by atoms with Gasteiger partial charge >= 0.3 is 0 Å². The minimum absolute atomic E-state index is 1.01.